The molecule has 3 atom stereocenters. The number of rotatable bonds is 3. The molecule has 1 aromatic carbocycles. The second kappa shape index (κ2) is 6.04. The zero-order chi connectivity index (χ0) is 13.1. The Morgan fingerprint density at radius 3 is 2.89 bits per heavy atom. The quantitative estimate of drug-likeness (QED) is 0.895. The molecular weight excluding hydrogens is 236 g/mol. The van der Waals surface area contributed by atoms with Gasteiger partial charge in [-0.3, -0.25) is 4.90 Å². The molecule has 2 heterocycles. The van der Waals surface area contributed by atoms with Crippen LogP contribution in [-0.4, -0.2) is 49.3 Å². The van der Waals surface area contributed by atoms with E-state index in [0.717, 1.165) is 32.7 Å². The number of nitrogens with one attached hydrogen (secondary N) is 1. The summed E-state index contributed by atoms with van der Waals surface area (Å²) in [6.45, 7) is 6.41. The molecule has 0 bridgehead atoms. The van der Waals surface area contributed by atoms with Gasteiger partial charge in [-0.05, 0) is 25.3 Å². The Balaban J connectivity index is 1.61. The lowest BCUT2D eigenvalue weighted by Crippen LogP contribution is -2.59. The lowest BCUT2D eigenvalue weighted by atomic mass is 10.00. The summed E-state index contributed by atoms with van der Waals surface area (Å²) in [7, 11) is 0. The molecule has 0 spiro atoms. The fraction of sp³-hybridized carbons (Fsp3) is 0.625. The predicted octanol–water partition coefficient (Wildman–Crippen LogP) is 1.68. The second-order valence-electron chi connectivity index (χ2n) is 5.86. The molecule has 3 unspecified atom stereocenters. The maximum Gasteiger partial charge on any atom is 0.0622 e. The summed E-state index contributed by atoms with van der Waals surface area (Å²) in [5.74, 6) is 0. The molecule has 0 aromatic heterocycles. The van der Waals surface area contributed by atoms with Crippen molar-refractivity contribution in [2.45, 2.75) is 37.9 Å². The van der Waals surface area contributed by atoms with Crippen LogP contribution in [0.15, 0.2) is 30.3 Å². The Labute approximate surface area is 115 Å². The van der Waals surface area contributed by atoms with E-state index in [0.29, 0.717) is 18.1 Å². The van der Waals surface area contributed by atoms with Gasteiger partial charge in [0.1, 0.15) is 0 Å². The molecule has 0 amide bonds. The van der Waals surface area contributed by atoms with Crippen molar-refractivity contribution in [1.82, 2.24) is 10.2 Å². The SMILES string of the molecule is CC1CNC(Cc2ccccc2)CN1C1CCOC1. The number of ether oxygens (including phenoxy) is 1. The monoisotopic (exact) mass is 260 g/mol. The molecule has 2 fully saturated rings. The fourth-order valence-electron chi connectivity index (χ4n) is 3.28. The highest BCUT2D eigenvalue weighted by atomic mass is 16.5. The maximum absolute atomic E-state index is 5.55. The standard InChI is InChI=1S/C16H24N2O/c1-13-10-17-15(9-14-5-3-2-4-6-14)11-18(13)16-7-8-19-12-16/h2-6,13,15-17H,7-12H2,1H3. The summed E-state index contributed by atoms with van der Waals surface area (Å²) in [5.41, 5.74) is 1.43. The van der Waals surface area contributed by atoms with Crippen LogP contribution < -0.4 is 5.32 Å². The summed E-state index contributed by atoms with van der Waals surface area (Å²) < 4.78 is 5.55. The Bertz CT molecular complexity index is 389. The van der Waals surface area contributed by atoms with Crippen LogP contribution in [0, 0.1) is 0 Å². The average molecular weight is 260 g/mol. The van der Waals surface area contributed by atoms with Crippen LogP contribution in [0.5, 0.6) is 0 Å². The highest BCUT2D eigenvalue weighted by molar-refractivity contribution is 5.16. The Kier molecular flexibility index (Phi) is 4.16. The normalized spacial score (nSPS) is 32.6. The van der Waals surface area contributed by atoms with Crippen molar-refractivity contribution >= 4 is 0 Å². The predicted molar refractivity (Wildman–Crippen MR) is 77.3 cm³/mol. The molecule has 3 nitrogen and oxygen atoms in total. The van der Waals surface area contributed by atoms with Gasteiger partial charge < -0.3 is 10.1 Å². The van der Waals surface area contributed by atoms with Crippen molar-refractivity contribution in [2.24, 2.45) is 0 Å². The molecule has 0 radical (unpaired) electrons. The van der Waals surface area contributed by atoms with Gasteiger partial charge in [-0.1, -0.05) is 30.3 Å². The van der Waals surface area contributed by atoms with E-state index in [2.05, 4.69) is 47.5 Å². The van der Waals surface area contributed by atoms with Gasteiger partial charge in [0.25, 0.3) is 0 Å². The summed E-state index contributed by atoms with van der Waals surface area (Å²) in [5, 5.41) is 3.69. The lowest BCUT2D eigenvalue weighted by molar-refractivity contribution is 0.0778. The van der Waals surface area contributed by atoms with E-state index in [1.807, 2.05) is 0 Å². The molecule has 3 rings (SSSR count). The van der Waals surface area contributed by atoms with Gasteiger partial charge in [0.05, 0.1) is 6.61 Å². The average Bonchev–Trinajstić information content (AvgIpc) is 2.96. The first kappa shape index (κ1) is 13.1. The summed E-state index contributed by atoms with van der Waals surface area (Å²) in [6, 6.07) is 12.6. The third kappa shape index (κ3) is 3.16. The minimum atomic E-state index is 0.569. The summed E-state index contributed by atoms with van der Waals surface area (Å²) in [4.78, 5) is 2.65. The van der Waals surface area contributed by atoms with E-state index < -0.39 is 0 Å². The zero-order valence-corrected chi connectivity index (χ0v) is 11.7. The van der Waals surface area contributed by atoms with E-state index >= 15 is 0 Å². The van der Waals surface area contributed by atoms with E-state index in [4.69, 9.17) is 4.74 Å². The smallest absolute Gasteiger partial charge is 0.0622 e. The number of hydrogen-bond acceptors (Lipinski definition) is 3. The van der Waals surface area contributed by atoms with Gasteiger partial charge in [-0.2, -0.15) is 0 Å². The third-order valence-corrected chi connectivity index (χ3v) is 4.40. The van der Waals surface area contributed by atoms with Gasteiger partial charge in [0, 0.05) is 37.8 Å². The van der Waals surface area contributed by atoms with Gasteiger partial charge in [0.15, 0.2) is 0 Å². The van der Waals surface area contributed by atoms with E-state index in [9.17, 15) is 0 Å². The minimum Gasteiger partial charge on any atom is -0.380 e. The van der Waals surface area contributed by atoms with E-state index in [-0.39, 0.29) is 0 Å². The topological polar surface area (TPSA) is 24.5 Å². The zero-order valence-electron chi connectivity index (χ0n) is 11.7. The number of nitrogens with zero attached hydrogens (tertiary/aromatic N) is 1. The van der Waals surface area contributed by atoms with Crippen molar-refractivity contribution in [3.8, 4) is 0 Å². The van der Waals surface area contributed by atoms with Gasteiger partial charge >= 0.3 is 0 Å². The first-order chi connectivity index (χ1) is 9.33. The first-order valence-electron chi connectivity index (χ1n) is 7.44. The largest absolute Gasteiger partial charge is 0.380 e. The van der Waals surface area contributed by atoms with Crippen LogP contribution in [0.4, 0.5) is 0 Å². The van der Waals surface area contributed by atoms with E-state index in [1.165, 1.54) is 12.0 Å². The summed E-state index contributed by atoms with van der Waals surface area (Å²) >= 11 is 0. The van der Waals surface area contributed by atoms with Crippen LogP contribution in [0.1, 0.15) is 18.9 Å². The lowest BCUT2D eigenvalue weighted by Gasteiger charge is -2.42. The van der Waals surface area contributed by atoms with Crippen molar-refractivity contribution in [3.05, 3.63) is 35.9 Å². The Hall–Kier alpha value is -0.900. The van der Waals surface area contributed by atoms with Crippen LogP contribution >= 0.6 is 0 Å². The van der Waals surface area contributed by atoms with Gasteiger partial charge in [-0.15, -0.1) is 0 Å². The molecule has 3 heteroatoms. The van der Waals surface area contributed by atoms with Crippen molar-refractivity contribution < 1.29 is 4.74 Å². The van der Waals surface area contributed by atoms with Crippen molar-refractivity contribution in [3.63, 3.8) is 0 Å². The number of piperazine rings is 1. The molecule has 0 saturated carbocycles. The molecule has 2 saturated heterocycles. The highest BCUT2D eigenvalue weighted by Gasteiger charge is 2.32. The fourth-order valence-corrected chi connectivity index (χ4v) is 3.28. The molecule has 19 heavy (non-hydrogen) atoms. The maximum atomic E-state index is 5.55. The molecule has 104 valence electrons. The molecule has 1 N–H and O–H groups in total. The van der Waals surface area contributed by atoms with Crippen LogP contribution in [0.2, 0.25) is 0 Å². The van der Waals surface area contributed by atoms with Crippen LogP contribution in [-0.2, 0) is 11.2 Å². The van der Waals surface area contributed by atoms with Crippen LogP contribution in [0.3, 0.4) is 0 Å². The van der Waals surface area contributed by atoms with Gasteiger partial charge in [-0.25, -0.2) is 0 Å². The summed E-state index contributed by atoms with van der Waals surface area (Å²) in [6.07, 6.45) is 2.32. The first-order valence-corrected chi connectivity index (χ1v) is 7.44. The van der Waals surface area contributed by atoms with Crippen molar-refractivity contribution in [2.75, 3.05) is 26.3 Å². The van der Waals surface area contributed by atoms with Crippen LogP contribution in [0.25, 0.3) is 0 Å². The number of hydrogen-bond donors (Lipinski definition) is 1. The highest BCUT2D eigenvalue weighted by Crippen LogP contribution is 2.19. The second-order valence-corrected chi connectivity index (χ2v) is 5.86. The van der Waals surface area contributed by atoms with Gasteiger partial charge in [0.2, 0.25) is 0 Å². The Morgan fingerprint density at radius 2 is 2.16 bits per heavy atom. The number of benzene rings is 1. The minimum absolute atomic E-state index is 0.569. The third-order valence-electron chi connectivity index (χ3n) is 4.40. The molecule has 2 aliphatic heterocycles. The van der Waals surface area contributed by atoms with E-state index in [1.54, 1.807) is 0 Å². The molecular formula is C16H24N2O. The molecule has 1 aromatic rings. The Morgan fingerprint density at radius 1 is 1.32 bits per heavy atom. The van der Waals surface area contributed by atoms with Crippen molar-refractivity contribution in [1.29, 1.82) is 0 Å². The molecule has 2 aliphatic rings. The molecule has 0 aliphatic carbocycles.